The van der Waals surface area contributed by atoms with Gasteiger partial charge in [0.05, 0.1) is 12.8 Å². The summed E-state index contributed by atoms with van der Waals surface area (Å²) in [6, 6.07) is 21.3. The minimum atomic E-state index is -0.244. The number of carbonyl (C=O) groups is 1. The van der Waals surface area contributed by atoms with Gasteiger partial charge in [0.25, 0.3) is 5.91 Å². The molecule has 4 nitrogen and oxygen atoms in total. The lowest BCUT2D eigenvalue weighted by molar-refractivity contribution is 0.0955. The van der Waals surface area contributed by atoms with E-state index >= 15 is 0 Å². The van der Waals surface area contributed by atoms with Gasteiger partial charge in [-0.2, -0.15) is 5.10 Å². The van der Waals surface area contributed by atoms with Crippen molar-refractivity contribution in [2.24, 2.45) is 5.10 Å². The summed E-state index contributed by atoms with van der Waals surface area (Å²) in [6.45, 7) is 2.90. The van der Waals surface area contributed by atoms with Gasteiger partial charge in [-0.1, -0.05) is 68.7 Å². The molecule has 0 unspecified atom stereocenters. The van der Waals surface area contributed by atoms with Gasteiger partial charge in [0.2, 0.25) is 0 Å². The van der Waals surface area contributed by atoms with E-state index in [-0.39, 0.29) is 5.91 Å². The van der Waals surface area contributed by atoms with E-state index in [2.05, 4.69) is 29.6 Å². The third-order valence-corrected chi connectivity index (χ3v) is 4.58. The third kappa shape index (κ3) is 5.43. The van der Waals surface area contributed by atoms with E-state index in [4.69, 9.17) is 4.74 Å². The number of nitrogens with zero attached hydrogens (tertiary/aromatic N) is 1. The van der Waals surface area contributed by atoms with Crippen molar-refractivity contribution in [3.05, 3.63) is 77.9 Å². The first-order valence-corrected chi connectivity index (χ1v) is 9.82. The zero-order valence-electron chi connectivity index (χ0n) is 16.2. The zero-order chi connectivity index (χ0) is 19.6. The lowest BCUT2D eigenvalue weighted by Gasteiger charge is -2.06. The van der Waals surface area contributed by atoms with Crippen LogP contribution < -0.4 is 10.2 Å². The molecule has 28 heavy (non-hydrogen) atoms. The van der Waals surface area contributed by atoms with Crippen molar-refractivity contribution in [2.45, 2.75) is 32.6 Å². The fourth-order valence-electron chi connectivity index (χ4n) is 3.01. The standard InChI is InChI=1S/C24H26N2O2/c1-2-3-4-7-17-28-22-15-13-20(14-16-22)24(27)26-25-18-21-11-8-10-19-9-5-6-12-23(19)21/h5-6,8-16,18H,2-4,7,17H2,1H3,(H,26,27). The van der Waals surface area contributed by atoms with Gasteiger partial charge in [-0.15, -0.1) is 0 Å². The highest BCUT2D eigenvalue weighted by Crippen LogP contribution is 2.17. The van der Waals surface area contributed by atoms with Crippen molar-refractivity contribution in [3.63, 3.8) is 0 Å². The predicted molar refractivity (Wildman–Crippen MR) is 115 cm³/mol. The molecule has 3 aromatic rings. The summed E-state index contributed by atoms with van der Waals surface area (Å²) in [7, 11) is 0. The minimum absolute atomic E-state index is 0.244. The Balaban J connectivity index is 1.54. The number of rotatable bonds is 9. The Morgan fingerprint density at radius 3 is 2.57 bits per heavy atom. The monoisotopic (exact) mass is 374 g/mol. The molecule has 0 fully saturated rings. The largest absolute Gasteiger partial charge is 0.494 e. The molecular weight excluding hydrogens is 348 g/mol. The fourth-order valence-corrected chi connectivity index (χ4v) is 3.01. The van der Waals surface area contributed by atoms with Crippen LogP contribution in [0.1, 0.15) is 48.5 Å². The molecule has 1 N–H and O–H groups in total. The summed E-state index contributed by atoms with van der Waals surface area (Å²) >= 11 is 0. The molecule has 0 aliphatic carbocycles. The maximum absolute atomic E-state index is 12.3. The van der Waals surface area contributed by atoms with Gasteiger partial charge in [0, 0.05) is 11.1 Å². The van der Waals surface area contributed by atoms with E-state index in [0.29, 0.717) is 12.2 Å². The van der Waals surface area contributed by atoms with Crippen molar-refractivity contribution in [3.8, 4) is 5.75 Å². The summed E-state index contributed by atoms with van der Waals surface area (Å²) in [6.07, 6.45) is 6.37. The molecule has 0 heterocycles. The maximum atomic E-state index is 12.3. The highest BCUT2D eigenvalue weighted by Gasteiger charge is 2.05. The van der Waals surface area contributed by atoms with Crippen LogP contribution in [0.4, 0.5) is 0 Å². The van der Waals surface area contributed by atoms with E-state index in [0.717, 1.165) is 28.5 Å². The number of fused-ring (bicyclic) bond motifs is 1. The van der Waals surface area contributed by atoms with Gasteiger partial charge in [0.15, 0.2) is 0 Å². The minimum Gasteiger partial charge on any atom is -0.494 e. The fraction of sp³-hybridized carbons (Fsp3) is 0.250. The second-order valence-electron chi connectivity index (χ2n) is 6.70. The average Bonchev–Trinajstić information content (AvgIpc) is 2.74. The molecule has 0 aliphatic rings. The molecule has 0 radical (unpaired) electrons. The molecule has 3 aromatic carbocycles. The van der Waals surface area contributed by atoms with Gasteiger partial charge in [-0.3, -0.25) is 4.79 Å². The van der Waals surface area contributed by atoms with Crippen LogP contribution in [-0.4, -0.2) is 18.7 Å². The summed E-state index contributed by atoms with van der Waals surface area (Å²) in [5.41, 5.74) is 4.10. The van der Waals surface area contributed by atoms with E-state index in [9.17, 15) is 4.79 Å². The number of benzene rings is 3. The van der Waals surface area contributed by atoms with Crippen molar-refractivity contribution < 1.29 is 9.53 Å². The van der Waals surface area contributed by atoms with Crippen molar-refractivity contribution in [2.75, 3.05) is 6.61 Å². The average molecular weight is 374 g/mol. The second-order valence-corrected chi connectivity index (χ2v) is 6.70. The second kappa shape index (κ2) is 10.3. The van der Waals surface area contributed by atoms with Crippen LogP contribution >= 0.6 is 0 Å². The molecule has 1 amide bonds. The van der Waals surface area contributed by atoms with Gasteiger partial charge in [-0.25, -0.2) is 5.43 Å². The first kappa shape index (κ1) is 19.6. The number of carbonyl (C=O) groups excluding carboxylic acids is 1. The molecule has 3 rings (SSSR count). The number of hydrogen-bond acceptors (Lipinski definition) is 3. The Morgan fingerprint density at radius 2 is 1.75 bits per heavy atom. The van der Waals surface area contributed by atoms with E-state index in [1.165, 1.54) is 19.3 Å². The smallest absolute Gasteiger partial charge is 0.271 e. The molecule has 0 aromatic heterocycles. The SMILES string of the molecule is CCCCCCOc1ccc(C(=O)NN=Cc2cccc3ccccc23)cc1. The Labute approximate surface area is 166 Å². The number of hydrogen-bond donors (Lipinski definition) is 1. The molecule has 0 saturated heterocycles. The van der Waals surface area contributed by atoms with Gasteiger partial charge < -0.3 is 4.74 Å². The van der Waals surface area contributed by atoms with Crippen LogP contribution in [0.25, 0.3) is 10.8 Å². The summed E-state index contributed by atoms with van der Waals surface area (Å²) in [4.78, 5) is 12.3. The lowest BCUT2D eigenvalue weighted by atomic mass is 10.1. The first-order chi connectivity index (χ1) is 13.8. The predicted octanol–water partition coefficient (Wildman–Crippen LogP) is 5.56. The summed E-state index contributed by atoms with van der Waals surface area (Å²) in [5.74, 6) is 0.540. The van der Waals surface area contributed by atoms with Crippen LogP contribution in [0.15, 0.2) is 71.8 Å². The van der Waals surface area contributed by atoms with Crippen LogP contribution in [0.3, 0.4) is 0 Å². The Kier molecular flexibility index (Phi) is 7.19. The Hall–Kier alpha value is -3.14. The lowest BCUT2D eigenvalue weighted by Crippen LogP contribution is -2.17. The number of amides is 1. The normalized spacial score (nSPS) is 11.0. The van der Waals surface area contributed by atoms with Gasteiger partial charge in [-0.05, 0) is 41.5 Å². The maximum Gasteiger partial charge on any atom is 0.271 e. The highest BCUT2D eigenvalue weighted by atomic mass is 16.5. The Morgan fingerprint density at radius 1 is 0.964 bits per heavy atom. The van der Waals surface area contributed by atoms with Crippen LogP contribution in [0.2, 0.25) is 0 Å². The summed E-state index contributed by atoms with van der Waals surface area (Å²) in [5, 5.41) is 6.35. The van der Waals surface area contributed by atoms with Crippen LogP contribution in [0, 0.1) is 0 Å². The number of nitrogens with one attached hydrogen (secondary N) is 1. The quantitative estimate of drug-likeness (QED) is 0.303. The van der Waals surface area contributed by atoms with E-state index in [1.807, 2.05) is 42.5 Å². The molecule has 0 spiro atoms. The van der Waals surface area contributed by atoms with Crippen molar-refractivity contribution in [1.29, 1.82) is 0 Å². The Bertz CT molecular complexity index is 927. The van der Waals surface area contributed by atoms with Crippen LogP contribution in [0.5, 0.6) is 5.75 Å². The number of ether oxygens (including phenoxy) is 1. The van der Waals surface area contributed by atoms with Gasteiger partial charge >= 0.3 is 0 Å². The molecular formula is C24H26N2O2. The summed E-state index contributed by atoms with van der Waals surface area (Å²) < 4.78 is 5.71. The number of unbranched alkanes of at least 4 members (excludes halogenated alkanes) is 3. The van der Waals surface area contributed by atoms with E-state index in [1.54, 1.807) is 18.3 Å². The molecule has 0 atom stereocenters. The first-order valence-electron chi connectivity index (χ1n) is 9.82. The van der Waals surface area contributed by atoms with Crippen molar-refractivity contribution >= 4 is 22.9 Å². The molecule has 4 heteroatoms. The molecule has 0 saturated carbocycles. The molecule has 0 bridgehead atoms. The molecule has 144 valence electrons. The van der Waals surface area contributed by atoms with E-state index < -0.39 is 0 Å². The highest BCUT2D eigenvalue weighted by molar-refractivity contribution is 6.00. The topological polar surface area (TPSA) is 50.7 Å². The van der Waals surface area contributed by atoms with Gasteiger partial charge in [0.1, 0.15) is 5.75 Å². The number of hydrazone groups is 1. The molecule has 0 aliphatic heterocycles. The third-order valence-electron chi connectivity index (χ3n) is 4.58. The van der Waals surface area contributed by atoms with Crippen LogP contribution in [-0.2, 0) is 0 Å². The van der Waals surface area contributed by atoms with Crippen molar-refractivity contribution in [1.82, 2.24) is 5.43 Å². The zero-order valence-corrected chi connectivity index (χ0v) is 16.2.